The summed E-state index contributed by atoms with van der Waals surface area (Å²) < 4.78 is 25.8. The highest BCUT2D eigenvalue weighted by molar-refractivity contribution is 7.91. The molecule has 1 aliphatic carbocycles. The minimum atomic E-state index is -3.02. The Morgan fingerprint density at radius 1 is 1.39 bits per heavy atom. The smallest absolute Gasteiger partial charge is 0.256 e. The maximum absolute atomic E-state index is 13.0. The standard InChI is InChI=1S/C17H24N2O3S/c1-4-8-18(15-7-9-23(21,22)11-15)17(20)16-10-12(2)19(13(16)3)14-5-6-14/h4,10,14-15H,1,5-9,11H2,2-3H3/t15-/m1/s1. The second kappa shape index (κ2) is 5.82. The Morgan fingerprint density at radius 3 is 2.61 bits per heavy atom. The Morgan fingerprint density at radius 2 is 2.09 bits per heavy atom. The summed E-state index contributed by atoms with van der Waals surface area (Å²) in [4.78, 5) is 14.7. The Labute approximate surface area is 137 Å². The first-order valence-electron chi connectivity index (χ1n) is 8.15. The molecule has 0 spiro atoms. The summed E-state index contributed by atoms with van der Waals surface area (Å²) in [6.07, 6.45) is 4.52. The van der Waals surface area contributed by atoms with Crippen molar-refractivity contribution < 1.29 is 13.2 Å². The van der Waals surface area contributed by atoms with Gasteiger partial charge >= 0.3 is 0 Å². The van der Waals surface area contributed by atoms with Gasteiger partial charge in [-0.1, -0.05) is 6.08 Å². The second-order valence-electron chi connectivity index (χ2n) is 6.69. The van der Waals surface area contributed by atoms with Crippen molar-refractivity contribution in [1.82, 2.24) is 9.47 Å². The number of hydrogen-bond acceptors (Lipinski definition) is 3. The lowest BCUT2D eigenvalue weighted by Gasteiger charge is -2.27. The molecule has 126 valence electrons. The fourth-order valence-electron chi connectivity index (χ4n) is 3.60. The Balaban J connectivity index is 1.90. The number of carbonyl (C=O) groups is 1. The first kappa shape index (κ1) is 16.3. The summed E-state index contributed by atoms with van der Waals surface area (Å²) in [5, 5.41) is 0. The molecule has 1 atom stereocenters. The van der Waals surface area contributed by atoms with E-state index in [4.69, 9.17) is 0 Å². The lowest BCUT2D eigenvalue weighted by molar-refractivity contribution is 0.0720. The maximum atomic E-state index is 13.0. The molecule has 1 amide bonds. The monoisotopic (exact) mass is 336 g/mol. The molecule has 0 N–H and O–H groups in total. The number of sulfone groups is 1. The number of carbonyl (C=O) groups excluding carboxylic acids is 1. The number of amides is 1. The summed E-state index contributed by atoms with van der Waals surface area (Å²) >= 11 is 0. The average molecular weight is 336 g/mol. The van der Waals surface area contributed by atoms with Crippen LogP contribution in [-0.2, 0) is 9.84 Å². The minimum absolute atomic E-state index is 0.0634. The molecular weight excluding hydrogens is 312 g/mol. The third-order valence-corrected chi connectivity index (χ3v) is 6.61. The molecule has 6 heteroatoms. The van der Waals surface area contributed by atoms with Crippen LogP contribution in [0.4, 0.5) is 0 Å². The van der Waals surface area contributed by atoms with E-state index in [-0.39, 0.29) is 23.5 Å². The van der Waals surface area contributed by atoms with Crippen LogP contribution < -0.4 is 0 Å². The average Bonchev–Trinajstić information content (AvgIpc) is 3.18. The van der Waals surface area contributed by atoms with Crippen LogP contribution >= 0.6 is 0 Å². The van der Waals surface area contributed by atoms with Crippen LogP contribution in [0.3, 0.4) is 0 Å². The summed E-state index contributed by atoms with van der Waals surface area (Å²) in [5.74, 6) is 0.153. The van der Waals surface area contributed by atoms with Crippen molar-refractivity contribution in [1.29, 1.82) is 0 Å². The quantitative estimate of drug-likeness (QED) is 0.775. The molecule has 1 aromatic heterocycles. The van der Waals surface area contributed by atoms with E-state index in [1.54, 1.807) is 11.0 Å². The molecule has 2 aliphatic rings. The lowest BCUT2D eigenvalue weighted by atomic mass is 10.1. The predicted octanol–water partition coefficient (Wildman–Crippen LogP) is 2.26. The largest absolute Gasteiger partial charge is 0.345 e. The molecular formula is C17H24N2O3S. The van der Waals surface area contributed by atoms with Crippen LogP contribution in [0.1, 0.15) is 47.1 Å². The van der Waals surface area contributed by atoms with Gasteiger partial charge in [0.25, 0.3) is 5.91 Å². The van der Waals surface area contributed by atoms with Crippen LogP contribution in [-0.4, -0.2) is 47.9 Å². The number of aryl methyl sites for hydroxylation is 1. The van der Waals surface area contributed by atoms with Gasteiger partial charge in [-0.15, -0.1) is 6.58 Å². The molecule has 0 radical (unpaired) electrons. The van der Waals surface area contributed by atoms with Crippen molar-refractivity contribution in [3.05, 3.63) is 35.7 Å². The fraction of sp³-hybridized carbons (Fsp3) is 0.588. The van der Waals surface area contributed by atoms with E-state index in [0.29, 0.717) is 24.6 Å². The molecule has 1 saturated carbocycles. The zero-order valence-corrected chi connectivity index (χ0v) is 14.6. The van der Waals surface area contributed by atoms with Gasteiger partial charge in [-0.2, -0.15) is 0 Å². The zero-order chi connectivity index (χ0) is 16.8. The van der Waals surface area contributed by atoms with Gasteiger partial charge in [-0.3, -0.25) is 4.79 Å². The molecule has 1 aromatic rings. The summed E-state index contributed by atoms with van der Waals surface area (Å²) in [6.45, 7) is 8.11. The third-order valence-electron chi connectivity index (χ3n) is 4.86. The Hall–Kier alpha value is -1.56. The molecule has 5 nitrogen and oxygen atoms in total. The van der Waals surface area contributed by atoms with Gasteiger partial charge < -0.3 is 9.47 Å². The summed E-state index contributed by atoms with van der Waals surface area (Å²) in [5.41, 5.74) is 2.79. The van der Waals surface area contributed by atoms with E-state index in [1.807, 2.05) is 19.9 Å². The van der Waals surface area contributed by atoms with Crippen LogP contribution in [0, 0.1) is 13.8 Å². The predicted molar refractivity (Wildman–Crippen MR) is 90.5 cm³/mol. The van der Waals surface area contributed by atoms with E-state index in [1.165, 1.54) is 12.8 Å². The highest BCUT2D eigenvalue weighted by atomic mass is 32.2. The van der Waals surface area contributed by atoms with Gasteiger partial charge in [-0.05, 0) is 39.2 Å². The SMILES string of the molecule is C=CCN(C(=O)c1cc(C)n(C2CC2)c1C)[C@@H]1CCS(=O)(=O)C1. The molecule has 0 unspecified atom stereocenters. The minimum Gasteiger partial charge on any atom is -0.345 e. The van der Waals surface area contributed by atoms with Gasteiger partial charge in [0.1, 0.15) is 0 Å². The molecule has 3 rings (SSSR count). The van der Waals surface area contributed by atoms with Crippen molar-refractivity contribution in [3.8, 4) is 0 Å². The molecule has 23 heavy (non-hydrogen) atoms. The maximum Gasteiger partial charge on any atom is 0.256 e. The van der Waals surface area contributed by atoms with Crippen LogP contribution in [0.5, 0.6) is 0 Å². The third kappa shape index (κ3) is 3.09. The Kier molecular flexibility index (Phi) is 4.12. The lowest BCUT2D eigenvalue weighted by Crippen LogP contribution is -2.41. The van der Waals surface area contributed by atoms with Gasteiger partial charge in [0.2, 0.25) is 0 Å². The first-order chi connectivity index (χ1) is 10.8. The van der Waals surface area contributed by atoms with E-state index < -0.39 is 9.84 Å². The fourth-order valence-corrected chi connectivity index (χ4v) is 5.33. The summed E-state index contributed by atoms with van der Waals surface area (Å²) in [6, 6.07) is 2.22. The van der Waals surface area contributed by atoms with Crippen molar-refractivity contribution >= 4 is 15.7 Å². The molecule has 2 fully saturated rings. The zero-order valence-electron chi connectivity index (χ0n) is 13.8. The molecule has 2 heterocycles. The number of aromatic nitrogens is 1. The van der Waals surface area contributed by atoms with Crippen molar-refractivity contribution in [2.45, 2.75) is 45.2 Å². The second-order valence-corrected chi connectivity index (χ2v) is 8.92. The number of nitrogens with zero attached hydrogens (tertiary/aromatic N) is 2. The number of hydrogen-bond donors (Lipinski definition) is 0. The van der Waals surface area contributed by atoms with Gasteiger partial charge in [-0.25, -0.2) is 8.42 Å². The highest BCUT2D eigenvalue weighted by Crippen LogP contribution is 2.38. The van der Waals surface area contributed by atoms with E-state index in [0.717, 1.165) is 11.4 Å². The van der Waals surface area contributed by atoms with Crippen molar-refractivity contribution in [2.24, 2.45) is 0 Å². The number of rotatable bonds is 5. The molecule has 1 aliphatic heterocycles. The first-order valence-corrected chi connectivity index (χ1v) is 9.97. The summed E-state index contributed by atoms with van der Waals surface area (Å²) in [7, 11) is -3.02. The normalized spacial score (nSPS) is 23.0. The molecule has 0 bridgehead atoms. The molecule has 0 aromatic carbocycles. The van der Waals surface area contributed by atoms with Crippen LogP contribution in [0.2, 0.25) is 0 Å². The van der Waals surface area contributed by atoms with Crippen molar-refractivity contribution in [3.63, 3.8) is 0 Å². The van der Waals surface area contributed by atoms with Crippen LogP contribution in [0.15, 0.2) is 18.7 Å². The Bertz CT molecular complexity index is 744. The van der Waals surface area contributed by atoms with E-state index in [9.17, 15) is 13.2 Å². The van der Waals surface area contributed by atoms with Crippen LogP contribution in [0.25, 0.3) is 0 Å². The topological polar surface area (TPSA) is 59.4 Å². The van der Waals surface area contributed by atoms with Gasteiger partial charge in [0, 0.05) is 30.0 Å². The van der Waals surface area contributed by atoms with E-state index >= 15 is 0 Å². The molecule has 1 saturated heterocycles. The van der Waals surface area contributed by atoms with E-state index in [2.05, 4.69) is 11.1 Å². The van der Waals surface area contributed by atoms with Gasteiger partial charge in [0.15, 0.2) is 9.84 Å². The highest BCUT2D eigenvalue weighted by Gasteiger charge is 2.36. The van der Waals surface area contributed by atoms with Crippen molar-refractivity contribution in [2.75, 3.05) is 18.1 Å². The van der Waals surface area contributed by atoms with Gasteiger partial charge in [0.05, 0.1) is 17.1 Å².